The lowest BCUT2D eigenvalue weighted by molar-refractivity contribution is 0.619. The van der Waals surface area contributed by atoms with E-state index in [0.29, 0.717) is 5.95 Å². The molecule has 1 aromatic carbocycles. The van der Waals surface area contributed by atoms with Crippen molar-refractivity contribution in [2.24, 2.45) is 0 Å². The van der Waals surface area contributed by atoms with E-state index < -0.39 is 5.82 Å². The van der Waals surface area contributed by atoms with Gasteiger partial charge >= 0.3 is 0 Å². The number of rotatable bonds is 5. The number of halogens is 1. The van der Waals surface area contributed by atoms with Crippen LogP contribution in [0.1, 0.15) is 24.5 Å². The van der Waals surface area contributed by atoms with Crippen LogP contribution in [-0.2, 0) is 0 Å². The summed E-state index contributed by atoms with van der Waals surface area (Å²) in [5.41, 5.74) is 3.16. The van der Waals surface area contributed by atoms with Crippen molar-refractivity contribution in [2.45, 2.75) is 27.2 Å². The number of aromatic nitrogens is 2. The Kier molecular flexibility index (Phi) is 4.50. The van der Waals surface area contributed by atoms with Gasteiger partial charge in [0, 0.05) is 12.2 Å². The normalized spacial score (nSPS) is 10.4. The monoisotopic (exact) mass is 274 g/mol. The first kappa shape index (κ1) is 14.2. The van der Waals surface area contributed by atoms with E-state index in [1.165, 1.54) is 11.8 Å². The quantitative estimate of drug-likeness (QED) is 0.870. The van der Waals surface area contributed by atoms with E-state index in [2.05, 4.69) is 20.6 Å². The molecule has 0 fully saturated rings. The smallest absolute Gasteiger partial charge is 0.224 e. The second kappa shape index (κ2) is 6.32. The van der Waals surface area contributed by atoms with Crippen molar-refractivity contribution in [3.05, 3.63) is 41.3 Å². The molecule has 2 aromatic rings. The highest BCUT2D eigenvalue weighted by molar-refractivity contribution is 5.59. The van der Waals surface area contributed by atoms with Gasteiger partial charge < -0.3 is 10.6 Å². The molecule has 0 unspecified atom stereocenters. The van der Waals surface area contributed by atoms with E-state index in [1.54, 1.807) is 0 Å². The van der Waals surface area contributed by atoms with Crippen LogP contribution in [0.25, 0.3) is 0 Å². The largest absolute Gasteiger partial charge is 0.354 e. The van der Waals surface area contributed by atoms with Crippen LogP contribution in [0.15, 0.2) is 24.4 Å². The molecule has 4 nitrogen and oxygen atoms in total. The topological polar surface area (TPSA) is 49.8 Å². The first-order valence-electron chi connectivity index (χ1n) is 6.71. The summed E-state index contributed by atoms with van der Waals surface area (Å²) in [6, 6.07) is 5.87. The molecule has 0 amide bonds. The van der Waals surface area contributed by atoms with Gasteiger partial charge in [0.05, 0.1) is 6.20 Å². The van der Waals surface area contributed by atoms with Gasteiger partial charge in [-0.05, 0) is 43.5 Å². The number of anilines is 3. The fourth-order valence-electron chi connectivity index (χ4n) is 1.73. The van der Waals surface area contributed by atoms with Crippen LogP contribution in [0.3, 0.4) is 0 Å². The average molecular weight is 274 g/mol. The van der Waals surface area contributed by atoms with Crippen molar-refractivity contribution < 1.29 is 4.39 Å². The Labute approximate surface area is 118 Å². The summed E-state index contributed by atoms with van der Waals surface area (Å²) in [5.74, 6) is 0.145. The van der Waals surface area contributed by atoms with Gasteiger partial charge in [-0.15, -0.1) is 0 Å². The molecule has 20 heavy (non-hydrogen) atoms. The number of hydrogen-bond donors (Lipinski definition) is 2. The summed E-state index contributed by atoms with van der Waals surface area (Å²) in [7, 11) is 0. The minimum absolute atomic E-state index is 0.182. The molecule has 0 bridgehead atoms. The van der Waals surface area contributed by atoms with Crippen LogP contribution in [0.4, 0.5) is 21.8 Å². The van der Waals surface area contributed by atoms with Gasteiger partial charge in [0.1, 0.15) is 0 Å². The van der Waals surface area contributed by atoms with Gasteiger partial charge in [0.15, 0.2) is 11.6 Å². The molecule has 0 radical (unpaired) electrons. The zero-order valence-corrected chi connectivity index (χ0v) is 12.0. The summed E-state index contributed by atoms with van der Waals surface area (Å²) in [4.78, 5) is 8.06. The standard InChI is InChI=1S/C15H19FN4/c1-4-7-17-15-18-9-13(16)14(20-15)19-12-6-5-10(2)11(3)8-12/h5-6,8-9H,4,7H2,1-3H3,(H2,17,18,19,20). The molecular weight excluding hydrogens is 255 g/mol. The molecule has 2 N–H and O–H groups in total. The maximum atomic E-state index is 13.7. The highest BCUT2D eigenvalue weighted by Gasteiger charge is 2.07. The molecule has 0 saturated heterocycles. The highest BCUT2D eigenvalue weighted by Crippen LogP contribution is 2.20. The summed E-state index contributed by atoms with van der Waals surface area (Å²) in [5, 5.41) is 6.03. The van der Waals surface area contributed by atoms with Crippen LogP contribution in [-0.4, -0.2) is 16.5 Å². The van der Waals surface area contributed by atoms with E-state index in [-0.39, 0.29) is 5.82 Å². The molecule has 5 heteroatoms. The second-order valence-electron chi connectivity index (χ2n) is 4.74. The fraction of sp³-hybridized carbons (Fsp3) is 0.333. The summed E-state index contributed by atoms with van der Waals surface area (Å²) in [6.45, 7) is 6.86. The molecule has 1 aromatic heterocycles. The summed E-state index contributed by atoms with van der Waals surface area (Å²) >= 11 is 0. The van der Waals surface area contributed by atoms with Crippen LogP contribution < -0.4 is 10.6 Å². The minimum atomic E-state index is -0.467. The lowest BCUT2D eigenvalue weighted by Crippen LogP contribution is -2.07. The Bertz CT molecular complexity index is 598. The van der Waals surface area contributed by atoms with Gasteiger partial charge in [-0.1, -0.05) is 13.0 Å². The molecule has 0 saturated carbocycles. The van der Waals surface area contributed by atoms with Gasteiger partial charge in [-0.2, -0.15) is 4.98 Å². The zero-order valence-electron chi connectivity index (χ0n) is 12.0. The third-order valence-corrected chi connectivity index (χ3v) is 3.05. The lowest BCUT2D eigenvalue weighted by Gasteiger charge is -2.10. The fourth-order valence-corrected chi connectivity index (χ4v) is 1.73. The number of nitrogens with zero attached hydrogens (tertiary/aromatic N) is 2. The van der Waals surface area contributed by atoms with Crippen molar-refractivity contribution in [2.75, 3.05) is 17.2 Å². The van der Waals surface area contributed by atoms with Gasteiger partial charge in [0.25, 0.3) is 0 Å². The first-order chi connectivity index (χ1) is 9.60. The second-order valence-corrected chi connectivity index (χ2v) is 4.74. The van der Waals surface area contributed by atoms with Crippen molar-refractivity contribution in [3.8, 4) is 0 Å². The van der Waals surface area contributed by atoms with E-state index in [9.17, 15) is 4.39 Å². The van der Waals surface area contributed by atoms with E-state index >= 15 is 0 Å². The Balaban J connectivity index is 2.20. The average Bonchev–Trinajstić information content (AvgIpc) is 2.44. The number of benzene rings is 1. The predicted molar refractivity (Wildman–Crippen MR) is 80.0 cm³/mol. The van der Waals surface area contributed by atoms with Crippen LogP contribution in [0.5, 0.6) is 0 Å². The molecule has 1 heterocycles. The van der Waals surface area contributed by atoms with Crippen molar-refractivity contribution in [1.82, 2.24) is 9.97 Å². The number of hydrogen-bond acceptors (Lipinski definition) is 4. The molecule has 0 spiro atoms. The summed E-state index contributed by atoms with van der Waals surface area (Å²) in [6.07, 6.45) is 2.13. The minimum Gasteiger partial charge on any atom is -0.354 e. The molecule has 0 aliphatic carbocycles. The van der Waals surface area contributed by atoms with Crippen molar-refractivity contribution in [3.63, 3.8) is 0 Å². The third-order valence-electron chi connectivity index (χ3n) is 3.05. The number of nitrogens with one attached hydrogen (secondary N) is 2. The highest BCUT2D eigenvalue weighted by atomic mass is 19.1. The van der Waals surface area contributed by atoms with Crippen LogP contribution in [0.2, 0.25) is 0 Å². The van der Waals surface area contributed by atoms with Crippen LogP contribution >= 0.6 is 0 Å². The Morgan fingerprint density at radius 1 is 1.20 bits per heavy atom. The molecule has 2 rings (SSSR count). The molecular formula is C15H19FN4. The van der Waals surface area contributed by atoms with E-state index in [1.807, 2.05) is 39.0 Å². The molecule has 0 aliphatic rings. The van der Waals surface area contributed by atoms with E-state index in [4.69, 9.17) is 0 Å². The van der Waals surface area contributed by atoms with Gasteiger partial charge in [0.2, 0.25) is 5.95 Å². The van der Waals surface area contributed by atoms with Crippen molar-refractivity contribution >= 4 is 17.5 Å². The van der Waals surface area contributed by atoms with Gasteiger partial charge in [-0.3, -0.25) is 0 Å². The summed E-state index contributed by atoms with van der Waals surface area (Å²) < 4.78 is 13.7. The molecule has 0 aliphatic heterocycles. The predicted octanol–water partition coefficient (Wildman–Crippen LogP) is 3.80. The lowest BCUT2D eigenvalue weighted by atomic mass is 10.1. The maximum Gasteiger partial charge on any atom is 0.224 e. The number of aryl methyl sites for hydroxylation is 2. The first-order valence-corrected chi connectivity index (χ1v) is 6.71. The van der Waals surface area contributed by atoms with Gasteiger partial charge in [-0.25, -0.2) is 9.37 Å². The maximum absolute atomic E-state index is 13.7. The Morgan fingerprint density at radius 3 is 2.70 bits per heavy atom. The Morgan fingerprint density at radius 2 is 2.00 bits per heavy atom. The van der Waals surface area contributed by atoms with E-state index in [0.717, 1.165) is 24.2 Å². The SMILES string of the molecule is CCCNc1ncc(F)c(Nc2ccc(C)c(C)c2)n1. The Hall–Kier alpha value is -2.17. The van der Waals surface area contributed by atoms with Crippen molar-refractivity contribution in [1.29, 1.82) is 0 Å². The molecule has 0 atom stereocenters. The van der Waals surface area contributed by atoms with Crippen LogP contribution in [0, 0.1) is 19.7 Å². The molecule has 106 valence electrons. The third kappa shape index (κ3) is 3.44. The zero-order chi connectivity index (χ0) is 14.5.